The molecule has 1 N–H and O–H groups in total. The third kappa shape index (κ3) is 4.67. The number of carbonyl (C=O) groups is 1. The number of carbonyl (C=O) groups excluding carboxylic acids is 1. The minimum Gasteiger partial charge on any atom is -0.339 e. The minimum absolute atomic E-state index is 0.0313. The first kappa shape index (κ1) is 20.7. The zero-order valence-electron chi connectivity index (χ0n) is 15.0. The van der Waals surface area contributed by atoms with Crippen LogP contribution in [-0.4, -0.2) is 37.5 Å². The van der Waals surface area contributed by atoms with Crippen LogP contribution >= 0.6 is 27.7 Å². The van der Waals surface area contributed by atoms with Gasteiger partial charge in [-0.05, 0) is 26.0 Å². The molecule has 0 radical (unpaired) electrons. The molecule has 5 nitrogen and oxygen atoms in total. The fraction of sp³-hybridized carbons (Fsp3) is 0.278. The maximum absolute atomic E-state index is 12.7. The Morgan fingerprint density at radius 1 is 1.29 bits per heavy atom. The van der Waals surface area contributed by atoms with Crippen LogP contribution in [0.1, 0.15) is 21.7 Å². The normalized spacial score (nSPS) is 11.8. The van der Waals surface area contributed by atoms with Crippen molar-refractivity contribution in [1.82, 2.24) is 19.7 Å². The quantitative estimate of drug-likeness (QED) is 0.396. The summed E-state index contributed by atoms with van der Waals surface area (Å²) in [6.07, 6.45) is -4.34. The second-order valence-corrected chi connectivity index (χ2v) is 7.94. The largest absolute Gasteiger partial charge is 0.406 e. The molecule has 0 aliphatic heterocycles. The molecular weight excluding hydrogens is 457 g/mol. The van der Waals surface area contributed by atoms with Gasteiger partial charge in [-0.2, -0.15) is 13.2 Å². The van der Waals surface area contributed by atoms with Crippen molar-refractivity contribution in [1.29, 1.82) is 0 Å². The first-order chi connectivity index (χ1) is 13.2. The average Bonchev–Trinajstić information content (AvgIpc) is 3.19. The lowest BCUT2D eigenvalue weighted by molar-refractivity contribution is -0.141. The smallest absolute Gasteiger partial charge is 0.339 e. The summed E-state index contributed by atoms with van der Waals surface area (Å²) in [5.74, 6) is 0.327. The van der Waals surface area contributed by atoms with E-state index < -0.39 is 12.7 Å². The van der Waals surface area contributed by atoms with Gasteiger partial charge in [-0.1, -0.05) is 45.9 Å². The number of hydrogen-bond donors (Lipinski definition) is 1. The van der Waals surface area contributed by atoms with Crippen molar-refractivity contribution in [2.75, 3.05) is 5.75 Å². The predicted octanol–water partition coefficient (Wildman–Crippen LogP) is 5.19. The van der Waals surface area contributed by atoms with Gasteiger partial charge in [-0.3, -0.25) is 9.89 Å². The van der Waals surface area contributed by atoms with Gasteiger partial charge in [0, 0.05) is 27.0 Å². The first-order valence-corrected chi connectivity index (χ1v) is 10.0. The molecule has 0 amide bonds. The topological polar surface area (TPSA) is 63.6 Å². The maximum Gasteiger partial charge on any atom is 0.406 e. The second-order valence-electron chi connectivity index (χ2n) is 6.14. The van der Waals surface area contributed by atoms with Gasteiger partial charge in [-0.25, -0.2) is 4.98 Å². The van der Waals surface area contributed by atoms with Gasteiger partial charge < -0.3 is 4.57 Å². The number of nitrogens with one attached hydrogen (secondary N) is 1. The van der Waals surface area contributed by atoms with E-state index in [2.05, 4.69) is 31.1 Å². The van der Waals surface area contributed by atoms with Gasteiger partial charge in [0.15, 0.2) is 11.6 Å². The molecule has 0 aliphatic rings. The molecule has 2 aromatic heterocycles. The van der Waals surface area contributed by atoms with Gasteiger partial charge in [0.25, 0.3) is 0 Å². The zero-order chi connectivity index (χ0) is 20.5. The van der Waals surface area contributed by atoms with E-state index in [0.717, 1.165) is 26.4 Å². The second kappa shape index (κ2) is 8.12. The summed E-state index contributed by atoms with van der Waals surface area (Å²) in [4.78, 5) is 16.9. The summed E-state index contributed by atoms with van der Waals surface area (Å²) in [6, 6.07) is 9.00. The van der Waals surface area contributed by atoms with Crippen LogP contribution in [0.3, 0.4) is 0 Å². The highest BCUT2D eigenvalue weighted by Crippen LogP contribution is 2.27. The molecule has 2 heterocycles. The number of thioether (sulfide) groups is 1. The number of nitrogens with zero attached hydrogens (tertiary/aromatic N) is 3. The summed E-state index contributed by atoms with van der Waals surface area (Å²) in [7, 11) is 0. The van der Waals surface area contributed by atoms with Crippen LogP contribution in [0, 0.1) is 13.8 Å². The average molecular weight is 473 g/mol. The van der Waals surface area contributed by atoms with Gasteiger partial charge >= 0.3 is 6.18 Å². The van der Waals surface area contributed by atoms with Crippen molar-refractivity contribution in [2.45, 2.75) is 31.7 Å². The zero-order valence-corrected chi connectivity index (χ0v) is 17.4. The van der Waals surface area contributed by atoms with E-state index in [0.29, 0.717) is 22.4 Å². The number of hydrogen-bond acceptors (Lipinski definition) is 4. The minimum atomic E-state index is -4.34. The van der Waals surface area contributed by atoms with E-state index in [4.69, 9.17) is 0 Å². The van der Waals surface area contributed by atoms with Gasteiger partial charge in [0.1, 0.15) is 6.54 Å². The van der Waals surface area contributed by atoms with E-state index in [1.807, 2.05) is 24.3 Å². The van der Waals surface area contributed by atoms with Crippen LogP contribution in [0.2, 0.25) is 0 Å². The van der Waals surface area contributed by atoms with Crippen LogP contribution in [0.25, 0.3) is 11.4 Å². The van der Waals surface area contributed by atoms with Gasteiger partial charge in [0.2, 0.25) is 5.16 Å². The number of halogens is 4. The molecule has 0 atom stereocenters. The molecule has 1 aromatic carbocycles. The molecule has 0 unspecified atom stereocenters. The standard InChI is InChI=1S/C18H16BrF3N4OS/c1-10-7-13(11(2)26(10)9-18(20,21)22)15(27)8-28-17-23-16(24-25-17)12-5-3-4-6-14(12)19/h3-7H,8-9H2,1-2H3,(H,23,24,25). The molecule has 0 spiro atoms. The lowest BCUT2D eigenvalue weighted by Crippen LogP contribution is -2.19. The molecule has 3 aromatic rings. The number of aromatic nitrogens is 4. The molecule has 148 valence electrons. The third-order valence-corrected chi connectivity index (χ3v) is 5.68. The highest BCUT2D eigenvalue weighted by molar-refractivity contribution is 9.10. The van der Waals surface area contributed by atoms with Crippen molar-refractivity contribution >= 4 is 33.5 Å². The van der Waals surface area contributed by atoms with E-state index in [1.165, 1.54) is 13.0 Å². The van der Waals surface area contributed by atoms with E-state index in [9.17, 15) is 18.0 Å². The molecule has 0 fully saturated rings. The Morgan fingerprint density at radius 2 is 2.00 bits per heavy atom. The maximum atomic E-state index is 12.7. The van der Waals surface area contributed by atoms with E-state index >= 15 is 0 Å². The Balaban J connectivity index is 1.70. The molecule has 3 rings (SSSR count). The van der Waals surface area contributed by atoms with Crippen molar-refractivity contribution in [3.05, 3.63) is 51.8 Å². The van der Waals surface area contributed by atoms with Gasteiger partial charge in [0.05, 0.1) is 5.75 Å². The molecule has 0 bridgehead atoms. The number of aromatic amines is 1. The number of rotatable bonds is 6. The summed E-state index contributed by atoms with van der Waals surface area (Å²) in [5.41, 5.74) is 1.83. The predicted molar refractivity (Wildman–Crippen MR) is 105 cm³/mol. The number of H-pyrrole nitrogens is 1. The lowest BCUT2D eigenvalue weighted by Gasteiger charge is -2.12. The Bertz CT molecular complexity index is 1010. The van der Waals surface area contributed by atoms with E-state index in [1.54, 1.807) is 6.92 Å². The van der Waals surface area contributed by atoms with Crippen molar-refractivity contribution in [2.24, 2.45) is 0 Å². The summed E-state index contributed by atoms with van der Waals surface area (Å²) in [5, 5.41) is 7.31. The molecule has 0 aliphatic carbocycles. The highest BCUT2D eigenvalue weighted by Gasteiger charge is 2.30. The number of Topliss-reactive ketones (excluding diaryl/α,β-unsaturated/α-hetero) is 1. The summed E-state index contributed by atoms with van der Waals surface area (Å²) < 4.78 is 40.1. The van der Waals surface area contributed by atoms with Crippen molar-refractivity contribution in [3.8, 4) is 11.4 Å². The Kier molecular flexibility index (Phi) is 5.99. The Hall–Kier alpha value is -2.07. The number of benzene rings is 1. The van der Waals surface area contributed by atoms with Crippen LogP contribution in [0.5, 0.6) is 0 Å². The molecule has 10 heteroatoms. The summed E-state index contributed by atoms with van der Waals surface area (Å²) >= 11 is 4.57. The Morgan fingerprint density at radius 3 is 2.68 bits per heavy atom. The van der Waals surface area contributed by atoms with Crippen molar-refractivity contribution in [3.63, 3.8) is 0 Å². The molecule has 0 saturated heterocycles. The van der Waals surface area contributed by atoms with Crippen LogP contribution < -0.4 is 0 Å². The Labute approximate surface area is 171 Å². The van der Waals surface area contributed by atoms with Gasteiger partial charge in [-0.15, -0.1) is 5.10 Å². The highest BCUT2D eigenvalue weighted by atomic mass is 79.9. The first-order valence-electron chi connectivity index (χ1n) is 8.22. The molecule has 0 saturated carbocycles. The van der Waals surface area contributed by atoms with Crippen LogP contribution in [-0.2, 0) is 6.54 Å². The number of ketones is 1. The van der Waals surface area contributed by atoms with Crippen LogP contribution in [0.4, 0.5) is 13.2 Å². The number of alkyl halides is 3. The molecule has 28 heavy (non-hydrogen) atoms. The van der Waals surface area contributed by atoms with E-state index in [-0.39, 0.29) is 17.1 Å². The monoisotopic (exact) mass is 472 g/mol. The SMILES string of the molecule is Cc1cc(C(=O)CSc2n[nH]c(-c3ccccc3Br)n2)c(C)n1CC(F)(F)F. The summed E-state index contributed by atoms with van der Waals surface area (Å²) in [6.45, 7) is 1.97. The fourth-order valence-electron chi connectivity index (χ4n) is 2.80. The molecular formula is C18H16BrF3N4OS. The number of aryl methyl sites for hydroxylation is 1. The van der Waals surface area contributed by atoms with Crippen LogP contribution in [0.15, 0.2) is 40.0 Å². The fourth-order valence-corrected chi connectivity index (χ4v) is 3.95. The third-order valence-electron chi connectivity index (χ3n) is 4.14. The lowest BCUT2D eigenvalue weighted by atomic mass is 10.2. The van der Waals surface area contributed by atoms with Crippen molar-refractivity contribution < 1.29 is 18.0 Å².